The van der Waals surface area contributed by atoms with Gasteiger partial charge in [-0.1, -0.05) is 6.07 Å². The maximum atomic E-state index is 13.2. The predicted molar refractivity (Wildman–Crippen MR) is 111 cm³/mol. The van der Waals surface area contributed by atoms with E-state index in [1.54, 1.807) is 18.2 Å². The third-order valence-corrected chi connectivity index (χ3v) is 6.17. The lowest BCUT2D eigenvalue weighted by Gasteiger charge is -2.27. The van der Waals surface area contributed by atoms with E-state index in [9.17, 15) is 22.8 Å². The Balaban J connectivity index is 2.04. The molecule has 1 aliphatic heterocycles. The van der Waals surface area contributed by atoms with Gasteiger partial charge in [-0.25, -0.2) is 8.42 Å². The molecule has 0 saturated carbocycles. The van der Waals surface area contributed by atoms with E-state index in [1.165, 1.54) is 26.5 Å². The van der Waals surface area contributed by atoms with Crippen LogP contribution in [0.1, 0.15) is 45.7 Å². The molecule has 2 aromatic rings. The zero-order valence-corrected chi connectivity index (χ0v) is 18.2. The molecule has 2 heterocycles. The van der Waals surface area contributed by atoms with Gasteiger partial charge in [0.2, 0.25) is 5.91 Å². The van der Waals surface area contributed by atoms with Gasteiger partial charge >= 0.3 is 0 Å². The molecule has 0 radical (unpaired) electrons. The van der Waals surface area contributed by atoms with Crippen LogP contribution in [-0.2, 0) is 15.5 Å². The molecule has 30 heavy (non-hydrogen) atoms. The fraction of sp³-hybridized carbons (Fsp3) is 0.316. The number of ether oxygens (including phenoxy) is 2. The molecule has 3 rings (SSSR count). The highest BCUT2D eigenvalue weighted by Gasteiger charge is 2.43. The summed E-state index contributed by atoms with van der Waals surface area (Å²) >= 11 is 1.09. The first-order valence-corrected chi connectivity index (χ1v) is 11.1. The summed E-state index contributed by atoms with van der Waals surface area (Å²) in [7, 11) is 0.219. The highest BCUT2D eigenvalue weighted by Crippen LogP contribution is 2.41. The number of methoxy groups -OCH3 is 2. The summed E-state index contributed by atoms with van der Waals surface area (Å²) in [5.74, 6) is -0.848. The molecule has 1 unspecified atom stereocenters. The van der Waals surface area contributed by atoms with Gasteiger partial charge in [-0.3, -0.25) is 19.3 Å². The van der Waals surface area contributed by atoms with E-state index in [-0.39, 0.29) is 29.2 Å². The first-order chi connectivity index (χ1) is 14.3. The molecule has 0 aliphatic carbocycles. The second-order valence-corrected chi connectivity index (χ2v) is 8.48. The van der Waals surface area contributed by atoms with Crippen molar-refractivity contribution >= 4 is 44.8 Å². The summed E-state index contributed by atoms with van der Waals surface area (Å²) < 4.78 is 33.0. The largest absolute Gasteiger partial charge is 0.493 e. The Kier molecular flexibility index (Phi) is 6.42. The number of hydrogen-bond donors (Lipinski definition) is 2. The number of amides is 3. The minimum Gasteiger partial charge on any atom is -0.493 e. The maximum Gasteiger partial charge on any atom is 0.265 e. The normalized spacial score (nSPS) is 14.1. The lowest BCUT2D eigenvalue weighted by molar-refractivity contribution is -0.114. The zero-order valence-electron chi connectivity index (χ0n) is 16.5. The van der Waals surface area contributed by atoms with Crippen molar-refractivity contribution in [3.8, 4) is 11.5 Å². The van der Waals surface area contributed by atoms with Crippen molar-refractivity contribution in [2.24, 2.45) is 0 Å². The lowest BCUT2D eigenvalue weighted by Crippen LogP contribution is -2.35. The van der Waals surface area contributed by atoms with Crippen molar-refractivity contribution in [2.45, 2.75) is 19.4 Å². The van der Waals surface area contributed by atoms with Gasteiger partial charge in [-0.15, -0.1) is 11.3 Å². The van der Waals surface area contributed by atoms with Gasteiger partial charge in [0, 0.05) is 18.1 Å². The number of nitrogens with zero attached hydrogens (tertiary/aromatic N) is 1. The average molecular weight is 453 g/mol. The summed E-state index contributed by atoms with van der Waals surface area (Å²) in [4.78, 5) is 38.7. The number of rotatable bonds is 8. The van der Waals surface area contributed by atoms with Crippen molar-refractivity contribution < 1.29 is 32.3 Å². The summed E-state index contributed by atoms with van der Waals surface area (Å²) in [5.41, 5.74) is 0.837. The van der Waals surface area contributed by atoms with Crippen LogP contribution in [0.4, 0.5) is 5.00 Å². The highest BCUT2D eigenvalue weighted by atomic mass is 32.2. The van der Waals surface area contributed by atoms with Crippen LogP contribution in [0.2, 0.25) is 0 Å². The van der Waals surface area contributed by atoms with Gasteiger partial charge in [-0.05, 0) is 24.1 Å². The Bertz CT molecular complexity index is 1080. The number of carbonyl (C=O) groups excluding carboxylic acids is 3. The molecule has 160 valence electrons. The third kappa shape index (κ3) is 4.03. The molecule has 1 atom stereocenters. The molecule has 1 N–H and O–H groups in total. The monoisotopic (exact) mass is 452 g/mol. The molecule has 0 bridgehead atoms. The van der Waals surface area contributed by atoms with E-state index in [2.05, 4.69) is 5.32 Å². The minimum atomic E-state index is -2.71. The summed E-state index contributed by atoms with van der Waals surface area (Å²) in [6.07, 6.45) is 0.0227. The highest BCUT2D eigenvalue weighted by molar-refractivity contribution is 7.72. The summed E-state index contributed by atoms with van der Waals surface area (Å²) in [6, 6.07) is 4.06. The molecule has 1 aliphatic rings. The van der Waals surface area contributed by atoms with E-state index in [1.807, 2.05) is 0 Å². The van der Waals surface area contributed by atoms with Crippen LogP contribution in [0.15, 0.2) is 23.6 Å². The van der Waals surface area contributed by atoms with Crippen molar-refractivity contribution in [3.05, 3.63) is 40.3 Å². The third-order valence-electron chi connectivity index (χ3n) is 4.65. The van der Waals surface area contributed by atoms with Gasteiger partial charge in [0.1, 0.15) is 15.7 Å². The van der Waals surface area contributed by atoms with Gasteiger partial charge in [0.15, 0.2) is 11.5 Å². The molecule has 11 heteroatoms. The molecule has 1 aromatic heterocycles. The van der Waals surface area contributed by atoms with Crippen molar-refractivity contribution in [2.75, 3.05) is 25.3 Å². The number of thiophene rings is 1. The molecular formula is C19H20N2O7S2. The number of anilines is 1. The molecule has 9 nitrogen and oxygen atoms in total. The number of nitrogens with one attached hydrogen (secondary N) is 1. The van der Waals surface area contributed by atoms with Crippen LogP contribution in [0.3, 0.4) is 0 Å². The Hall–Kier alpha value is -2.92. The second kappa shape index (κ2) is 8.84. The van der Waals surface area contributed by atoms with E-state index in [4.69, 9.17) is 9.47 Å². The fourth-order valence-corrected chi connectivity index (χ4v) is 4.77. The lowest BCUT2D eigenvalue weighted by atomic mass is 10.0. The van der Waals surface area contributed by atoms with Crippen LogP contribution in [0.5, 0.6) is 11.5 Å². The number of fused-ring (bicyclic) bond motifs is 1. The van der Waals surface area contributed by atoms with Crippen LogP contribution in [0, 0.1) is 0 Å². The minimum absolute atomic E-state index is 0.0227. The van der Waals surface area contributed by atoms with Crippen molar-refractivity contribution in [3.63, 3.8) is 0 Å². The number of hydrogen-bond acceptors (Lipinski definition) is 8. The number of imide groups is 1. The van der Waals surface area contributed by atoms with Crippen molar-refractivity contribution in [1.29, 1.82) is 0 Å². The van der Waals surface area contributed by atoms with Gasteiger partial charge in [0.05, 0.1) is 31.4 Å². The average Bonchev–Trinajstić information content (AvgIpc) is 3.22. The van der Waals surface area contributed by atoms with E-state index >= 15 is 0 Å². The number of benzene rings is 1. The molecule has 1 aromatic carbocycles. The SMILES string of the molecule is COc1ccc(C(CC[SH](=O)=O)N2C(=O)c3csc(NC(C)=O)c3C2=O)cc1OC. The van der Waals surface area contributed by atoms with Gasteiger partial charge in [0.25, 0.3) is 11.8 Å². The topological polar surface area (TPSA) is 119 Å². The molecule has 0 spiro atoms. The molecular weight excluding hydrogens is 432 g/mol. The smallest absolute Gasteiger partial charge is 0.265 e. The van der Waals surface area contributed by atoms with E-state index < -0.39 is 28.6 Å². The molecule has 3 amide bonds. The Labute approximate surface area is 178 Å². The standard InChI is InChI=1S/C19H20N2O7S2/c1-10(22)20-17-16-12(9-29-17)18(23)21(19(16)24)13(6-7-30(25)26)11-4-5-14(27-2)15(8-11)28-3/h4-5,8-9,13,30H,6-7H2,1-3H3,(H,20,22). The van der Waals surface area contributed by atoms with Crippen LogP contribution in [-0.4, -0.2) is 51.0 Å². The molecule has 0 fully saturated rings. The maximum absolute atomic E-state index is 13.2. The summed E-state index contributed by atoms with van der Waals surface area (Å²) in [6.45, 7) is 1.31. The number of thiol groups is 1. The van der Waals surface area contributed by atoms with Crippen molar-refractivity contribution in [1.82, 2.24) is 4.90 Å². The first kappa shape index (κ1) is 21.8. The van der Waals surface area contributed by atoms with Gasteiger partial charge < -0.3 is 14.8 Å². The predicted octanol–water partition coefficient (Wildman–Crippen LogP) is 2.06. The van der Waals surface area contributed by atoms with Crippen LogP contribution < -0.4 is 14.8 Å². The quantitative estimate of drug-likeness (QED) is 0.465. The zero-order chi connectivity index (χ0) is 22.0. The Morgan fingerprint density at radius 1 is 1.17 bits per heavy atom. The van der Waals surface area contributed by atoms with Crippen LogP contribution in [0.25, 0.3) is 0 Å². The first-order valence-electron chi connectivity index (χ1n) is 8.89. The van der Waals surface area contributed by atoms with Gasteiger partial charge in [-0.2, -0.15) is 0 Å². The van der Waals surface area contributed by atoms with Crippen LogP contribution >= 0.6 is 11.3 Å². The Morgan fingerprint density at radius 2 is 1.87 bits per heavy atom. The summed E-state index contributed by atoms with van der Waals surface area (Å²) in [5, 5.41) is 4.37. The Morgan fingerprint density at radius 3 is 2.47 bits per heavy atom. The van der Waals surface area contributed by atoms with E-state index in [0.717, 1.165) is 16.2 Å². The van der Waals surface area contributed by atoms with E-state index in [0.29, 0.717) is 22.1 Å². The molecule has 0 saturated heterocycles. The second-order valence-electron chi connectivity index (χ2n) is 6.49. The number of carbonyl (C=O) groups is 3. The fourth-order valence-electron chi connectivity index (χ4n) is 3.34.